The third kappa shape index (κ3) is 0.937. The highest BCUT2D eigenvalue weighted by Crippen LogP contribution is 2.47. The highest BCUT2D eigenvalue weighted by atomic mass is 19.3. The number of rotatable bonds is 0. The van der Waals surface area contributed by atoms with Crippen molar-refractivity contribution in [3.8, 4) is 0 Å². The lowest BCUT2D eigenvalue weighted by atomic mass is 10.1. The van der Waals surface area contributed by atoms with E-state index in [-0.39, 0.29) is 0 Å². The van der Waals surface area contributed by atoms with E-state index in [4.69, 9.17) is 0 Å². The van der Waals surface area contributed by atoms with Crippen LogP contribution in [0, 0.1) is 0 Å². The van der Waals surface area contributed by atoms with Crippen molar-refractivity contribution in [2.45, 2.75) is 37.9 Å². The van der Waals surface area contributed by atoms with Crippen molar-refractivity contribution in [1.82, 2.24) is 0 Å². The molecule has 0 aromatic rings. The maximum absolute atomic E-state index is 12.5. The molecule has 2 atom stereocenters. The first-order valence-electron chi connectivity index (χ1n) is 3.21. The van der Waals surface area contributed by atoms with Crippen molar-refractivity contribution in [3.05, 3.63) is 0 Å². The van der Waals surface area contributed by atoms with E-state index in [1.165, 1.54) is 0 Å². The van der Waals surface area contributed by atoms with E-state index in [0.29, 0.717) is 0 Å². The Kier molecular flexibility index (Phi) is 1.67. The van der Waals surface area contributed by atoms with Gasteiger partial charge < -0.3 is 4.74 Å². The summed E-state index contributed by atoms with van der Waals surface area (Å²) in [7, 11) is 0. The maximum Gasteiger partial charge on any atom is 0.338 e. The normalized spacial score (nSPS) is 40.9. The lowest BCUT2D eigenvalue weighted by Gasteiger charge is -2.20. The van der Waals surface area contributed by atoms with Gasteiger partial charge in [0.05, 0.1) is 0 Å². The molecule has 1 rings (SSSR count). The summed E-state index contributed by atoms with van der Waals surface area (Å²) in [5.74, 6) is -8.07. The summed E-state index contributed by atoms with van der Waals surface area (Å²) < 4.78 is 54.3. The second-order valence-electron chi connectivity index (χ2n) is 2.67. The monoisotopic (exact) mass is 172 g/mol. The molecule has 0 radical (unpaired) electrons. The van der Waals surface area contributed by atoms with Crippen LogP contribution >= 0.6 is 0 Å². The minimum absolute atomic E-state index is 0.942. The van der Waals surface area contributed by atoms with E-state index in [1.54, 1.807) is 0 Å². The van der Waals surface area contributed by atoms with Crippen LogP contribution < -0.4 is 0 Å². The average Bonchev–Trinajstić information content (AvgIpc) is 1.95. The molecule has 0 spiro atoms. The average molecular weight is 172 g/mol. The van der Waals surface area contributed by atoms with Gasteiger partial charge in [-0.25, -0.2) is 0 Å². The molecule has 1 fully saturated rings. The fraction of sp³-hybridized carbons (Fsp3) is 1.00. The van der Waals surface area contributed by atoms with Gasteiger partial charge in [0.2, 0.25) is 0 Å². The molecule has 11 heavy (non-hydrogen) atoms. The fourth-order valence-electron chi connectivity index (χ4n) is 1.02. The zero-order valence-electron chi connectivity index (χ0n) is 6.07. The van der Waals surface area contributed by atoms with Crippen LogP contribution in [0.5, 0.6) is 0 Å². The van der Waals surface area contributed by atoms with Crippen molar-refractivity contribution in [2.24, 2.45) is 0 Å². The van der Waals surface area contributed by atoms with Crippen LogP contribution in [0.3, 0.4) is 0 Å². The highest BCUT2D eigenvalue weighted by Gasteiger charge is 2.69. The molecule has 66 valence electrons. The second-order valence-corrected chi connectivity index (χ2v) is 2.67. The Morgan fingerprint density at radius 2 is 1.18 bits per heavy atom. The van der Waals surface area contributed by atoms with Gasteiger partial charge in [-0.15, -0.1) is 0 Å². The molecule has 0 saturated carbocycles. The second kappa shape index (κ2) is 2.09. The zero-order chi connectivity index (χ0) is 8.86. The Morgan fingerprint density at radius 3 is 1.27 bits per heavy atom. The molecular formula is C6H8F4O. The maximum atomic E-state index is 12.5. The summed E-state index contributed by atoms with van der Waals surface area (Å²) in [5, 5.41) is 0. The standard InChI is InChI=1S/C6H8F4O/c1-3-5(7,8)6(9,10)4(2)11-3/h3-4H,1-2H3/t3-,4?/m1/s1. The zero-order valence-corrected chi connectivity index (χ0v) is 6.07. The Morgan fingerprint density at radius 1 is 0.909 bits per heavy atom. The van der Waals surface area contributed by atoms with Crippen molar-refractivity contribution in [3.63, 3.8) is 0 Å². The van der Waals surface area contributed by atoms with E-state index in [2.05, 4.69) is 4.74 Å². The Bertz CT molecular complexity index is 150. The predicted molar refractivity (Wildman–Crippen MR) is 29.9 cm³/mol. The largest absolute Gasteiger partial charge is 0.363 e. The molecule has 5 heteroatoms. The van der Waals surface area contributed by atoms with Gasteiger partial charge in [0.25, 0.3) is 0 Å². The molecule has 0 aliphatic carbocycles. The van der Waals surface area contributed by atoms with Gasteiger partial charge in [-0.2, -0.15) is 17.6 Å². The number of ether oxygens (including phenoxy) is 1. The molecule has 1 unspecified atom stereocenters. The van der Waals surface area contributed by atoms with Crippen LogP contribution in [-0.2, 0) is 4.74 Å². The predicted octanol–water partition coefficient (Wildman–Crippen LogP) is 2.06. The summed E-state index contributed by atoms with van der Waals surface area (Å²) in [6.45, 7) is 1.88. The molecule has 1 heterocycles. The topological polar surface area (TPSA) is 9.23 Å². The minimum atomic E-state index is -4.04. The molecule has 0 aromatic heterocycles. The minimum Gasteiger partial charge on any atom is -0.363 e. The van der Waals surface area contributed by atoms with Crippen molar-refractivity contribution >= 4 is 0 Å². The van der Waals surface area contributed by atoms with E-state index < -0.39 is 24.1 Å². The van der Waals surface area contributed by atoms with E-state index in [1.807, 2.05) is 0 Å². The molecule has 0 N–H and O–H groups in total. The van der Waals surface area contributed by atoms with Crippen LogP contribution in [0.1, 0.15) is 13.8 Å². The van der Waals surface area contributed by atoms with Crippen molar-refractivity contribution in [1.29, 1.82) is 0 Å². The first-order chi connectivity index (χ1) is 4.80. The van der Waals surface area contributed by atoms with E-state index >= 15 is 0 Å². The Balaban J connectivity index is 2.95. The first kappa shape index (κ1) is 8.77. The van der Waals surface area contributed by atoms with Crippen LogP contribution in [-0.4, -0.2) is 24.1 Å². The third-order valence-corrected chi connectivity index (χ3v) is 1.87. The van der Waals surface area contributed by atoms with E-state index in [0.717, 1.165) is 13.8 Å². The van der Waals surface area contributed by atoms with Gasteiger partial charge >= 0.3 is 11.8 Å². The third-order valence-electron chi connectivity index (χ3n) is 1.87. The first-order valence-corrected chi connectivity index (χ1v) is 3.21. The van der Waals surface area contributed by atoms with Crippen LogP contribution in [0.2, 0.25) is 0 Å². The quantitative estimate of drug-likeness (QED) is 0.508. The molecule has 0 bridgehead atoms. The number of hydrogen-bond acceptors (Lipinski definition) is 1. The van der Waals surface area contributed by atoms with Gasteiger partial charge in [0.15, 0.2) is 0 Å². The van der Waals surface area contributed by atoms with Gasteiger partial charge in [0.1, 0.15) is 12.2 Å². The molecular weight excluding hydrogens is 164 g/mol. The SMILES string of the molecule is CC1O[C@H](C)C(F)(F)C1(F)F. The molecule has 0 amide bonds. The molecule has 1 aliphatic heterocycles. The van der Waals surface area contributed by atoms with Crippen molar-refractivity contribution in [2.75, 3.05) is 0 Å². The summed E-state index contributed by atoms with van der Waals surface area (Å²) in [4.78, 5) is 0. The Hall–Kier alpha value is -0.320. The summed E-state index contributed by atoms with van der Waals surface area (Å²) in [5.41, 5.74) is 0. The van der Waals surface area contributed by atoms with Gasteiger partial charge in [0, 0.05) is 0 Å². The van der Waals surface area contributed by atoms with Crippen molar-refractivity contribution < 1.29 is 22.3 Å². The van der Waals surface area contributed by atoms with Crippen LogP contribution in [0.4, 0.5) is 17.6 Å². The number of hydrogen-bond donors (Lipinski definition) is 0. The summed E-state index contributed by atoms with van der Waals surface area (Å²) in [6.07, 6.45) is -3.40. The van der Waals surface area contributed by atoms with Gasteiger partial charge in [-0.3, -0.25) is 0 Å². The highest BCUT2D eigenvalue weighted by molar-refractivity contribution is 4.99. The van der Waals surface area contributed by atoms with Crippen LogP contribution in [0.15, 0.2) is 0 Å². The van der Waals surface area contributed by atoms with Gasteiger partial charge in [-0.05, 0) is 13.8 Å². The fourth-order valence-corrected chi connectivity index (χ4v) is 1.02. The summed E-state index contributed by atoms with van der Waals surface area (Å²) >= 11 is 0. The lowest BCUT2D eigenvalue weighted by molar-refractivity contribution is -0.194. The molecule has 1 nitrogen and oxygen atoms in total. The lowest BCUT2D eigenvalue weighted by Crippen LogP contribution is -2.44. The number of alkyl halides is 4. The summed E-state index contributed by atoms with van der Waals surface area (Å²) in [6, 6.07) is 0. The van der Waals surface area contributed by atoms with Gasteiger partial charge in [-0.1, -0.05) is 0 Å². The molecule has 1 saturated heterocycles. The number of halogens is 4. The smallest absolute Gasteiger partial charge is 0.338 e. The molecule has 1 aliphatic rings. The van der Waals surface area contributed by atoms with Crippen LogP contribution in [0.25, 0.3) is 0 Å². The Labute approximate surface area is 61.3 Å². The molecule has 0 aromatic carbocycles. The van der Waals surface area contributed by atoms with E-state index in [9.17, 15) is 17.6 Å².